The van der Waals surface area contributed by atoms with Crippen LogP contribution in [0.4, 0.5) is 5.69 Å². The number of rotatable bonds is 2. The molecule has 0 aromatic heterocycles. The Morgan fingerprint density at radius 3 is 2.57 bits per heavy atom. The van der Waals surface area contributed by atoms with Crippen LogP contribution in [0.2, 0.25) is 0 Å². The molecule has 0 radical (unpaired) electrons. The molecule has 14 heavy (non-hydrogen) atoms. The molecule has 1 N–H and O–H groups in total. The third-order valence-corrected chi connectivity index (χ3v) is 3.60. The van der Waals surface area contributed by atoms with Crippen LogP contribution in [0.1, 0.15) is 35.6 Å². The van der Waals surface area contributed by atoms with E-state index in [-0.39, 0.29) is 0 Å². The molecule has 2 aliphatic rings. The molecule has 3 rings (SSSR count). The van der Waals surface area contributed by atoms with Gasteiger partial charge in [-0.2, -0.15) is 0 Å². The van der Waals surface area contributed by atoms with Crippen molar-refractivity contribution in [1.29, 1.82) is 0 Å². The van der Waals surface area contributed by atoms with Crippen molar-refractivity contribution in [2.45, 2.75) is 39.0 Å². The topological polar surface area (TPSA) is 12.0 Å². The molecule has 1 aromatic carbocycles. The van der Waals surface area contributed by atoms with Crippen LogP contribution in [0.3, 0.4) is 0 Å². The average Bonchev–Trinajstić information content (AvgIpc) is 2.58. The Balaban J connectivity index is 2.15. The predicted octanol–water partition coefficient (Wildman–Crippen LogP) is 2.71. The summed E-state index contributed by atoms with van der Waals surface area (Å²) in [7, 11) is 0. The first-order valence-electron chi connectivity index (χ1n) is 5.80. The zero-order valence-corrected chi connectivity index (χ0v) is 8.82. The SMILES string of the molecule is CCNc1c2c(cc3c1CC3)CCC2. The van der Waals surface area contributed by atoms with Crippen molar-refractivity contribution in [3.63, 3.8) is 0 Å². The van der Waals surface area contributed by atoms with Gasteiger partial charge in [-0.05, 0) is 61.3 Å². The Bertz CT molecular complexity index is 379. The third-order valence-electron chi connectivity index (χ3n) is 3.60. The molecular weight excluding hydrogens is 170 g/mol. The molecule has 0 fully saturated rings. The first-order valence-corrected chi connectivity index (χ1v) is 5.80. The summed E-state index contributed by atoms with van der Waals surface area (Å²) in [6.07, 6.45) is 6.56. The third kappa shape index (κ3) is 1.01. The van der Waals surface area contributed by atoms with E-state index in [2.05, 4.69) is 18.3 Å². The fraction of sp³-hybridized carbons (Fsp3) is 0.538. The minimum Gasteiger partial charge on any atom is -0.385 e. The standard InChI is InChI=1S/C13H17N/c1-2-14-13-11-5-3-4-9(11)8-10-6-7-12(10)13/h8,14H,2-7H2,1H3. The van der Waals surface area contributed by atoms with Gasteiger partial charge in [0.25, 0.3) is 0 Å². The smallest absolute Gasteiger partial charge is 0.0410 e. The molecular formula is C13H17N. The second kappa shape index (κ2) is 3.01. The molecule has 0 saturated heterocycles. The molecule has 1 aromatic rings. The summed E-state index contributed by atoms with van der Waals surface area (Å²) in [5.74, 6) is 0. The molecule has 0 spiro atoms. The maximum Gasteiger partial charge on any atom is 0.0410 e. The zero-order valence-electron chi connectivity index (χ0n) is 8.82. The second-order valence-electron chi connectivity index (χ2n) is 4.41. The van der Waals surface area contributed by atoms with E-state index in [1.807, 2.05) is 0 Å². The lowest BCUT2D eigenvalue weighted by atomic mass is 9.83. The van der Waals surface area contributed by atoms with Crippen LogP contribution in [0, 0.1) is 0 Å². The van der Waals surface area contributed by atoms with E-state index in [0.29, 0.717) is 0 Å². The van der Waals surface area contributed by atoms with Gasteiger partial charge in [0, 0.05) is 12.2 Å². The Kier molecular flexibility index (Phi) is 1.79. The summed E-state index contributed by atoms with van der Waals surface area (Å²) in [5, 5.41) is 3.57. The van der Waals surface area contributed by atoms with Gasteiger partial charge < -0.3 is 5.32 Å². The Morgan fingerprint density at radius 2 is 1.86 bits per heavy atom. The minimum atomic E-state index is 1.06. The Morgan fingerprint density at radius 1 is 1.07 bits per heavy atom. The largest absolute Gasteiger partial charge is 0.385 e. The first kappa shape index (κ1) is 8.34. The van der Waals surface area contributed by atoms with Gasteiger partial charge in [-0.3, -0.25) is 0 Å². The lowest BCUT2D eigenvalue weighted by molar-refractivity contribution is 0.834. The van der Waals surface area contributed by atoms with Crippen LogP contribution in [0.25, 0.3) is 0 Å². The highest BCUT2D eigenvalue weighted by Crippen LogP contribution is 2.39. The first-order chi connectivity index (χ1) is 6.90. The average molecular weight is 187 g/mol. The number of fused-ring (bicyclic) bond motifs is 2. The van der Waals surface area contributed by atoms with Crippen molar-refractivity contribution in [3.05, 3.63) is 28.3 Å². The van der Waals surface area contributed by atoms with Crippen molar-refractivity contribution in [2.24, 2.45) is 0 Å². The summed E-state index contributed by atoms with van der Waals surface area (Å²) >= 11 is 0. The van der Waals surface area contributed by atoms with Crippen molar-refractivity contribution < 1.29 is 0 Å². The van der Waals surface area contributed by atoms with E-state index in [0.717, 1.165) is 6.54 Å². The minimum absolute atomic E-state index is 1.06. The lowest BCUT2D eigenvalue weighted by Gasteiger charge is -2.26. The van der Waals surface area contributed by atoms with Gasteiger partial charge in [0.1, 0.15) is 0 Å². The number of benzene rings is 1. The van der Waals surface area contributed by atoms with Crippen LogP contribution < -0.4 is 5.32 Å². The molecule has 0 bridgehead atoms. The number of anilines is 1. The molecule has 0 atom stereocenters. The van der Waals surface area contributed by atoms with Crippen LogP contribution in [0.15, 0.2) is 6.07 Å². The van der Waals surface area contributed by atoms with Gasteiger partial charge in [0.2, 0.25) is 0 Å². The second-order valence-corrected chi connectivity index (χ2v) is 4.41. The Labute approximate surface area is 85.5 Å². The van der Waals surface area contributed by atoms with E-state index in [1.165, 1.54) is 37.8 Å². The number of hydrogen-bond donors (Lipinski definition) is 1. The lowest BCUT2D eigenvalue weighted by Crippen LogP contribution is -2.15. The van der Waals surface area contributed by atoms with Crippen molar-refractivity contribution in [1.82, 2.24) is 0 Å². The molecule has 0 aliphatic heterocycles. The van der Waals surface area contributed by atoms with Gasteiger partial charge in [-0.25, -0.2) is 0 Å². The van der Waals surface area contributed by atoms with Gasteiger partial charge >= 0.3 is 0 Å². The van der Waals surface area contributed by atoms with Crippen molar-refractivity contribution in [3.8, 4) is 0 Å². The van der Waals surface area contributed by atoms with Crippen LogP contribution >= 0.6 is 0 Å². The van der Waals surface area contributed by atoms with E-state index >= 15 is 0 Å². The van der Waals surface area contributed by atoms with Crippen molar-refractivity contribution in [2.75, 3.05) is 11.9 Å². The summed E-state index contributed by atoms with van der Waals surface area (Å²) in [4.78, 5) is 0. The highest BCUT2D eigenvalue weighted by atomic mass is 14.9. The molecule has 0 heterocycles. The van der Waals surface area contributed by atoms with Crippen LogP contribution in [-0.4, -0.2) is 6.54 Å². The van der Waals surface area contributed by atoms with Crippen LogP contribution in [0.5, 0.6) is 0 Å². The highest BCUT2D eigenvalue weighted by Gasteiger charge is 2.24. The maximum absolute atomic E-state index is 3.57. The maximum atomic E-state index is 3.57. The molecule has 0 amide bonds. The molecule has 0 unspecified atom stereocenters. The van der Waals surface area contributed by atoms with E-state index < -0.39 is 0 Å². The van der Waals surface area contributed by atoms with Crippen molar-refractivity contribution >= 4 is 5.69 Å². The number of hydrogen-bond acceptors (Lipinski definition) is 1. The van der Waals surface area contributed by atoms with Gasteiger partial charge in [0.15, 0.2) is 0 Å². The number of aryl methyl sites for hydroxylation is 2. The monoisotopic (exact) mass is 187 g/mol. The summed E-state index contributed by atoms with van der Waals surface area (Å²) in [6, 6.07) is 2.46. The predicted molar refractivity (Wildman–Crippen MR) is 60.0 cm³/mol. The molecule has 0 saturated carbocycles. The quantitative estimate of drug-likeness (QED) is 0.750. The fourth-order valence-corrected chi connectivity index (χ4v) is 2.83. The van der Waals surface area contributed by atoms with Gasteiger partial charge in [-0.15, -0.1) is 0 Å². The summed E-state index contributed by atoms with van der Waals surface area (Å²) in [6.45, 7) is 3.25. The Hall–Kier alpha value is -0.980. The van der Waals surface area contributed by atoms with E-state index in [4.69, 9.17) is 0 Å². The molecule has 1 nitrogen and oxygen atoms in total. The molecule has 74 valence electrons. The number of nitrogens with one attached hydrogen (secondary N) is 1. The summed E-state index contributed by atoms with van der Waals surface area (Å²) in [5.41, 5.74) is 7.99. The van der Waals surface area contributed by atoms with Gasteiger partial charge in [0.05, 0.1) is 0 Å². The van der Waals surface area contributed by atoms with Crippen LogP contribution in [-0.2, 0) is 25.7 Å². The molecule has 1 heteroatoms. The van der Waals surface area contributed by atoms with E-state index in [9.17, 15) is 0 Å². The summed E-state index contributed by atoms with van der Waals surface area (Å²) < 4.78 is 0. The fourth-order valence-electron chi connectivity index (χ4n) is 2.83. The molecule has 2 aliphatic carbocycles. The van der Waals surface area contributed by atoms with E-state index in [1.54, 1.807) is 22.3 Å². The zero-order chi connectivity index (χ0) is 9.54. The normalized spacial score (nSPS) is 17.2. The highest BCUT2D eigenvalue weighted by molar-refractivity contribution is 5.67. The van der Waals surface area contributed by atoms with Gasteiger partial charge in [-0.1, -0.05) is 6.07 Å².